The van der Waals surface area contributed by atoms with Crippen LogP contribution in [0.4, 0.5) is 0 Å². The van der Waals surface area contributed by atoms with E-state index in [1.165, 1.54) is 5.56 Å². The molecule has 2 N–H and O–H groups in total. The summed E-state index contributed by atoms with van der Waals surface area (Å²) in [4.78, 5) is 11.5. The third kappa shape index (κ3) is 6.82. The van der Waals surface area contributed by atoms with Crippen molar-refractivity contribution in [2.24, 2.45) is 5.92 Å². The number of amides is 1. The van der Waals surface area contributed by atoms with Crippen molar-refractivity contribution in [3.63, 3.8) is 0 Å². The lowest BCUT2D eigenvalue weighted by molar-refractivity contribution is -0.120. The Bertz CT molecular complexity index is 374. The summed E-state index contributed by atoms with van der Waals surface area (Å²) in [7, 11) is 1.65. The molecule has 1 aromatic rings. The van der Waals surface area contributed by atoms with Crippen molar-refractivity contribution in [2.45, 2.75) is 20.3 Å². The van der Waals surface area contributed by atoms with Crippen molar-refractivity contribution >= 4 is 5.91 Å². The Hall–Kier alpha value is -1.55. The number of rotatable bonds is 8. The molecule has 4 nitrogen and oxygen atoms in total. The Morgan fingerprint density at radius 2 is 1.95 bits per heavy atom. The second-order valence-corrected chi connectivity index (χ2v) is 4.97. The molecule has 106 valence electrons. The van der Waals surface area contributed by atoms with Gasteiger partial charge in [0, 0.05) is 6.54 Å². The minimum atomic E-state index is 0.0501. The Balaban J connectivity index is 2.16. The van der Waals surface area contributed by atoms with Crippen LogP contribution < -0.4 is 15.4 Å². The van der Waals surface area contributed by atoms with Crippen LogP contribution in [0.25, 0.3) is 0 Å². The predicted molar refractivity (Wildman–Crippen MR) is 77.4 cm³/mol. The van der Waals surface area contributed by atoms with Gasteiger partial charge in [-0.25, -0.2) is 0 Å². The summed E-state index contributed by atoms with van der Waals surface area (Å²) in [5.74, 6) is 1.46. The van der Waals surface area contributed by atoms with Crippen LogP contribution in [0.3, 0.4) is 0 Å². The molecule has 0 spiro atoms. The molecule has 0 saturated carbocycles. The number of hydrogen-bond acceptors (Lipinski definition) is 3. The number of ether oxygens (including phenoxy) is 1. The number of benzene rings is 1. The largest absolute Gasteiger partial charge is 0.497 e. The molecule has 0 aliphatic heterocycles. The van der Waals surface area contributed by atoms with Gasteiger partial charge in [-0.1, -0.05) is 26.0 Å². The predicted octanol–water partition coefficient (Wildman–Crippen LogP) is 1.60. The van der Waals surface area contributed by atoms with Crippen LogP contribution in [0.15, 0.2) is 24.3 Å². The monoisotopic (exact) mass is 264 g/mol. The molecule has 0 aliphatic carbocycles. The quantitative estimate of drug-likeness (QED) is 0.750. The second-order valence-electron chi connectivity index (χ2n) is 4.97. The first-order valence-electron chi connectivity index (χ1n) is 6.72. The van der Waals surface area contributed by atoms with Crippen molar-refractivity contribution in [1.29, 1.82) is 0 Å². The fourth-order valence-electron chi connectivity index (χ4n) is 1.68. The summed E-state index contributed by atoms with van der Waals surface area (Å²) < 4.78 is 5.10. The summed E-state index contributed by atoms with van der Waals surface area (Å²) in [5.41, 5.74) is 1.19. The van der Waals surface area contributed by atoms with E-state index < -0.39 is 0 Å². The molecule has 0 fully saturated rings. The highest BCUT2D eigenvalue weighted by Crippen LogP contribution is 2.11. The highest BCUT2D eigenvalue weighted by molar-refractivity contribution is 5.77. The van der Waals surface area contributed by atoms with Crippen molar-refractivity contribution in [1.82, 2.24) is 10.6 Å². The van der Waals surface area contributed by atoms with Crippen LogP contribution in [0, 0.1) is 5.92 Å². The van der Waals surface area contributed by atoms with E-state index in [4.69, 9.17) is 4.74 Å². The van der Waals surface area contributed by atoms with Crippen LogP contribution in [0.2, 0.25) is 0 Å². The lowest BCUT2D eigenvalue weighted by Crippen LogP contribution is -2.36. The summed E-state index contributed by atoms with van der Waals surface area (Å²) in [6.45, 7) is 6.16. The van der Waals surface area contributed by atoms with Crippen LogP contribution >= 0.6 is 0 Å². The first kappa shape index (κ1) is 15.5. The molecule has 1 amide bonds. The topological polar surface area (TPSA) is 50.4 Å². The molecule has 0 aromatic heterocycles. The van der Waals surface area contributed by atoms with Gasteiger partial charge < -0.3 is 15.4 Å². The summed E-state index contributed by atoms with van der Waals surface area (Å²) in [6.07, 6.45) is 0.833. The minimum Gasteiger partial charge on any atom is -0.497 e. The zero-order chi connectivity index (χ0) is 14.1. The molecular formula is C15H24N2O2. The maximum atomic E-state index is 11.5. The Morgan fingerprint density at radius 1 is 1.26 bits per heavy atom. The van der Waals surface area contributed by atoms with Gasteiger partial charge >= 0.3 is 0 Å². The van der Waals surface area contributed by atoms with E-state index in [0.29, 0.717) is 19.0 Å². The molecule has 0 atom stereocenters. The third-order valence-corrected chi connectivity index (χ3v) is 2.73. The number of hydrogen-bond donors (Lipinski definition) is 2. The van der Waals surface area contributed by atoms with Gasteiger partial charge in [0.2, 0.25) is 5.91 Å². The first-order chi connectivity index (χ1) is 9.11. The lowest BCUT2D eigenvalue weighted by atomic mass is 10.1. The average molecular weight is 264 g/mol. The van der Waals surface area contributed by atoms with Gasteiger partial charge in [-0.05, 0) is 36.6 Å². The fraction of sp³-hybridized carbons (Fsp3) is 0.533. The van der Waals surface area contributed by atoms with Gasteiger partial charge in [-0.2, -0.15) is 0 Å². The van der Waals surface area contributed by atoms with Crippen LogP contribution in [0.1, 0.15) is 19.4 Å². The number of carbonyl (C=O) groups is 1. The molecule has 0 radical (unpaired) electrons. The smallest absolute Gasteiger partial charge is 0.233 e. The highest BCUT2D eigenvalue weighted by atomic mass is 16.5. The molecule has 0 heterocycles. The molecule has 4 heteroatoms. The molecule has 1 aromatic carbocycles. The van der Waals surface area contributed by atoms with Gasteiger partial charge in [0.15, 0.2) is 0 Å². The van der Waals surface area contributed by atoms with Crippen molar-refractivity contribution in [3.8, 4) is 5.75 Å². The van der Waals surface area contributed by atoms with E-state index in [9.17, 15) is 4.79 Å². The molecule has 0 saturated heterocycles. The second kappa shape index (κ2) is 8.53. The van der Waals surface area contributed by atoms with Gasteiger partial charge in [-0.3, -0.25) is 4.79 Å². The standard InChI is InChI=1S/C15H24N2O2/c1-12(2)10-16-11-15(18)17-9-8-13-4-6-14(19-3)7-5-13/h4-7,12,16H,8-11H2,1-3H3,(H,17,18). The fourth-order valence-corrected chi connectivity index (χ4v) is 1.68. The highest BCUT2D eigenvalue weighted by Gasteiger charge is 2.01. The summed E-state index contributed by atoms with van der Waals surface area (Å²) in [5, 5.41) is 6.02. The molecular weight excluding hydrogens is 240 g/mol. The van der Waals surface area contributed by atoms with Gasteiger partial charge in [0.25, 0.3) is 0 Å². The number of methoxy groups -OCH3 is 1. The zero-order valence-electron chi connectivity index (χ0n) is 12.0. The summed E-state index contributed by atoms with van der Waals surface area (Å²) in [6, 6.07) is 7.90. The Labute approximate surface area is 115 Å². The van der Waals surface area contributed by atoms with Gasteiger partial charge in [0.1, 0.15) is 5.75 Å². The van der Waals surface area contributed by atoms with E-state index >= 15 is 0 Å². The van der Waals surface area contributed by atoms with Crippen LogP contribution in [-0.4, -0.2) is 32.7 Å². The van der Waals surface area contributed by atoms with E-state index in [1.807, 2.05) is 24.3 Å². The molecule has 0 bridgehead atoms. The first-order valence-corrected chi connectivity index (χ1v) is 6.72. The molecule has 0 unspecified atom stereocenters. The zero-order valence-corrected chi connectivity index (χ0v) is 12.0. The van der Waals surface area contributed by atoms with Crippen molar-refractivity contribution in [3.05, 3.63) is 29.8 Å². The van der Waals surface area contributed by atoms with Crippen molar-refractivity contribution < 1.29 is 9.53 Å². The Morgan fingerprint density at radius 3 is 2.53 bits per heavy atom. The van der Waals surface area contributed by atoms with E-state index in [0.717, 1.165) is 18.7 Å². The lowest BCUT2D eigenvalue weighted by Gasteiger charge is -2.08. The van der Waals surface area contributed by atoms with E-state index in [-0.39, 0.29) is 5.91 Å². The SMILES string of the molecule is COc1ccc(CCNC(=O)CNCC(C)C)cc1. The summed E-state index contributed by atoms with van der Waals surface area (Å²) >= 11 is 0. The average Bonchev–Trinajstić information content (AvgIpc) is 2.39. The van der Waals surface area contributed by atoms with Crippen LogP contribution in [0.5, 0.6) is 5.75 Å². The maximum absolute atomic E-state index is 11.5. The van der Waals surface area contributed by atoms with E-state index in [1.54, 1.807) is 7.11 Å². The van der Waals surface area contributed by atoms with Crippen LogP contribution in [-0.2, 0) is 11.2 Å². The molecule has 1 rings (SSSR count). The molecule has 19 heavy (non-hydrogen) atoms. The molecule has 0 aliphatic rings. The minimum absolute atomic E-state index is 0.0501. The Kier molecular flexibility index (Phi) is 6.97. The van der Waals surface area contributed by atoms with Crippen molar-refractivity contribution in [2.75, 3.05) is 26.7 Å². The number of nitrogens with one attached hydrogen (secondary N) is 2. The normalized spacial score (nSPS) is 10.5. The maximum Gasteiger partial charge on any atom is 0.233 e. The van der Waals surface area contributed by atoms with Gasteiger partial charge in [-0.15, -0.1) is 0 Å². The number of carbonyl (C=O) groups excluding carboxylic acids is 1. The van der Waals surface area contributed by atoms with E-state index in [2.05, 4.69) is 24.5 Å². The third-order valence-electron chi connectivity index (χ3n) is 2.73. The van der Waals surface area contributed by atoms with Gasteiger partial charge in [0.05, 0.1) is 13.7 Å².